The van der Waals surface area contributed by atoms with Gasteiger partial charge in [-0.3, -0.25) is 4.79 Å². The van der Waals surface area contributed by atoms with E-state index in [1.54, 1.807) is 0 Å². The molecule has 0 saturated carbocycles. The molecule has 1 spiro atoms. The van der Waals surface area contributed by atoms with Crippen molar-refractivity contribution in [3.63, 3.8) is 0 Å². The number of amides is 1. The highest BCUT2D eigenvalue weighted by Crippen LogP contribution is 2.44. The number of hydrogen-bond acceptors (Lipinski definition) is 2. The molecule has 2 N–H and O–H groups in total. The first kappa shape index (κ1) is 9.00. The largest absolute Gasteiger partial charge is 0.355 e. The third-order valence-electron chi connectivity index (χ3n) is 3.29. The van der Waals surface area contributed by atoms with Crippen LogP contribution in [0.4, 0.5) is 0 Å². The Kier molecular flexibility index (Phi) is 1.71. The van der Waals surface area contributed by atoms with E-state index < -0.39 is 0 Å². The van der Waals surface area contributed by atoms with E-state index in [1.807, 2.05) is 0 Å². The van der Waals surface area contributed by atoms with Crippen LogP contribution in [0.3, 0.4) is 0 Å². The van der Waals surface area contributed by atoms with Crippen molar-refractivity contribution in [1.82, 2.24) is 10.6 Å². The molecule has 2 unspecified atom stereocenters. The van der Waals surface area contributed by atoms with Gasteiger partial charge in [0.05, 0.1) is 0 Å². The average Bonchev–Trinajstić information content (AvgIpc) is 2.27. The summed E-state index contributed by atoms with van der Waals surface area (Å²) in [5.74, 6) is 0.218. The molecule has 2 aliphatic heterocycles. The standard InChI is InChI=1S/C10H18N2O/c1-9(2,3)8-10(6-12-8)4-7(13)11-5-10/h8,12H,4-6H2,1-3H3,(H,11,13). The second-order valence-corrected chi connectivity index (χ2v) is 5.50. The summed E-state index contributed by atoms with van der Waals surface area (Å²) < 4.78 is 0. The van der Waals surface area contributed by atoms with Gasteiger partial charge in [0, 0.05) is 31.0 Å². The minimum absolute atomic E-state index is 0.218. The Bertz CT molecular complexity index is 244. The maximum Gasteiger partial charge on any atom is 0.220 e. The van der Waals surface area contributed by atoms with Crippen LogP contribution in [0.25, 0.3) is 0 Å². The second kappa shape index (κ2) is 2.47. The van der Waals surface area contributed by atoms with E-state index in [0.29, 0.717) is 12.5 Å². The zero-order chi connectivity index (χ0) is 9.69. The summed E-state index contributed by atoms with van der Waals surface area (Å²) in [7, 11) is 0. The summed E-state index contributed by atoms with van der Waals surface area (Å²) in [6, 6.07) is 0.485. The van der Waals surface area contributed by atoms with Gasteiger partial charge in [-0.15, -0.1) is 0 Å². The Balaban J connectivity index is 2.13. The van der Waals surface area contributed by atoms with Gasteiger partial charge in [0.2, 0.25) is 5.91 Å². The van der Waals surface area contributed by atoms with E-state index in [1.165, 1.54) is 0 Å². The highest BCUT2D eigenvalue weighted by atomic mass is 16.1. The normalized spacial score (nSPS) is 39.0. The van der Waals surface area contributed by atoms with Crippen LogP contribution in [0.1, 0.15) is 27.2 Å². The first-order valence-electron chi connectivity index (χ1n) is 4.94. The van der Waals surface area contributed by atoms with Crippen LogP contribution in [0, 0.1) is 10.8 Å². The quantitative estimate of drug-likeness (QED) is 0.573. The van der Waals surface area contributed by atoms with Gasteiger partial charge < -0.3 is 10.6 Å². The van der Waals surface area contributed by atoms with Crippen LogP contribution >= 0.6 is 0 Å². The molecule has 13 heavy (non-hydrogen) atoms. The highest BCUT2D eigenvalue weighted by Gasteiger charge is 2.55. The van der Waals surface area contributed by atoms with E-state index in [9.17, 15) is 4.79 Å². The smallest absolute Gasteiger partial charge is 0.220 e. The predicted molar refractivity (Wildman–Crippen MR) is 51.3 cm³/mol. The molecule has 2 rings (SSSR count). The lowest BCUT2D eigenvalue weighted by molar-refractivity contribution is -0.120. The highest BCUT2D eigenvalue weighted by molar-refractivity contribution is 5.79. The Morgan fingerprint density at radius 1 is 1.38 bits per heavy atom. The lowest BCUT2D eigenvalue weighted by Crippen LogP contribution is -2.68. The first-order chi connectivity index (χ1) is 5.94. The molecule has 3 nitrogen and oxygen atoms in total. The molecule has 0 aromatic rings. The molecule has 0 aromatic heterocycles. The van der Waals surface area contributed by atoms with Crippen LogP contribution in [0.15, 0.2) is 0 Å². The van der Waals surface area contributed by atoms with E-state index in [0.717, 1.165) is 13.1 Å². The van der Waals surface area contributed by atoms with Gasteiger partial charge in [-0.2, -0.15) is 0 Å². The van der Waals surface area contributed by atoms with Gasteiger partial charge in [-0.25, -0.2) is 0 Å². The van der Waals surface area contributed by atoms with Gasteiger partial charge in [0.25, 0.3) is 0 Å². The molecule has 3 heteroatoms. The number of rotatable bonds is 0. The van der Waals surface area contributed by atoms with Crippen molar-refractivity contribution in [2.75, 3.05) is 13.1 Å². The minimum atomic E-state index is 0.218. The Labute approximate surface area is 79.3 Å². The predicted octanol–water partition coefficient (Wildman–Crippen LogP) is 0.511. The molecule has 0 aromatic carbocycles. The molecule has 0 radical (unpaired) electrons. The molecule has 0 bridgehead atoms. The van der Waals surface area contributed by atoms with E-state index in [-0.39, 0.29) is 16.7 Å². The number of nitrogens with one attached hydrogen (secondary N) is 2. The lowest BCUT2D eigenvalue weighted by Gasteiger charge is -2.53. The van der Waals surface area contributed by atoms with E-state index >= 15 is 0 Å². The third kappa shape index (κ3) is 1.26. The lowest BCUT2D eigenvalue weighted by atomic mass is 9.63. The molecule has 0 aliphatic carbocycles. The summed E-state index contributed by atoms with van der Waals surface area (Å²) in [4.78, 5) is 11.2. The molecule has 2 aliphatic rings. The van der Waals surface area contributed by atoms with Gasteiger partial charge in [-0.1, -0.05) is 20.8 Å². The number of carbonyl (C=O) groups is 1. The maximum absolute atomic E-state index is 11.2. The maximum atomic E-state index is 11.2. The fourth-order valence-corrected chi connectivity index (χ4v) is 2.77. The zero-order valence-electron chi connectivity index (χ0n) is 8.61. The van der Waals surface area contributed by atoms with Crippen LogP contribution in [-0.4, -0.2) is 25.0 Å². The first-order valence-corrected chi connectivity index (χ1v) is 4.94. The summed E-state index contributed by atoms with van der Waals surface area (Å²) in [5, 5.41) is 6.38. The third-order valence-corrected chi connectivity index (χ3v) is 3.29. The minimum Gasteiger partial charge on any atom is -0.355 e. The fourth-order valence-electron chi connectivity index (χ4n) is 2.77. The summed E-state index contributed by atoms with van der Waals surface area (Å²) in [5.41, 5.74) is 0.472. The molecule has 2 saturated heterocycles. The van der Waals surface area contributed by atoms with Crippen molar-refractivity contribution < 1.29 is 4.79 Å². The van der Waals surface area contributed by atoms with E-state index in [2.05, 4.69) is 31.4 Å². The van der Waals surface area contributed by atoms with Crippen molar-refractivity contribution in [2.24, 2.45) is 10.8 Å². The van der Waals surface area contributed by atoms with Crippen molar-refractivity contribution in [3.05, 3.63) is 0 Å². The van der Waals surface area contributed by atoms with Crippen LogP contribution < -0.4 is 10.6 Å². The number of carbonyl (C=O) groups excluding carboxylic acids is 1. The summed E-state index contributed by atoms with van der Waals surface area (Å²) in [6.45, 7) is 8.55. The average molecular weight is 182 g/mol. The molecule has 74 valence electrons. The van der Waals surface area contributed by atoms with Crippen molar-refractivity contribution in [3.8, 4) is 0 Å². The summed E-state index contributed by atoms with van der Waals surface area (Å²) >= 11 is 0. The van der Waals surface area contributed by atoms with Crippen LogP contribution in [-0.2, 0) is 4.79 Å². The molecule has 2 atom stereocenters. The Morgan fingerprint density at radius 3 is 2.38 bits per heavy atom. The van der Waals surface area contributed by atoms with Gasteiger partial charge >= 0.3 is 0 Å². The van der Waals surface area contributed by atoms with Gasteiger partial charge in [-0.05, 0) is 5.41 Å². The van der Waals surface area contributed by atoms with Crippen molar-refractivity contribution in [1.29, 1.82) is 0 Å². The second-order valence-electron chi connectivity index (χ2n) is 5.50. The topological polar surface area (TPSA) is 41.1 Å². The zero-order valence-corrected chi connectivity index (χ0v) is 8.61. The fraction of sp³-hybridized carbons (Fsp3) is 0.900. The van der Waals surface area contributed by atoms with Crippen molar-refractivity contribution in [2.45, 2.75) is 33.2 Å². The molecule has 1 amide bonds. The molecular weight excluding hydrogens is 164 g/mol. The van der Waals surface area contributed by atoms with Crippen LogP contribution in [0.2, 0.25) is 0 Å². The van der Waals surface area contributed by atoms with Crippen molar-refractivity contribution >= 4 is 5.91 Å². The Hall–Kier alpha value is -0.570. The summed E-state index contributed by atoms with van der Waals surface area (Å²) in [6.07, 6.45) is 0.710. The SMILES string of the molecule is CC(C)(C)C1NCC12CNC(=O)C2. The van der Waals surface area contributed by atoms with E-state index in [4.69, 9.17) is 0 Å². The van der Waals surface area contributed by atoms with Crippen LogP contribution in [0.5, 0.6) is 0 Å². The molecule has 2 fully saturated rings. The Morgan fingerprint density at radius 2 is 2.08 bits per heavy atom. The monoisotopic (exact) mass is 182 g/mol. The molecular formula is C10H18N2O. The van der Waals surface area contributed by atoms with Gasteiger partial charge in [0.1, 0.15) is 0 Å². The number of hydrogen-bond donors (Lipinski definition) is 2. The van der Waals surface area contributed by atoms with Gasteiger partial charge in [0.15, 0.2) is 0 Å². The molecule has 2 heterocycles.